The van der Waals surface area contributed by atoms with E-state index in [1.807, 2.05) is 14.1 Å². The molecule has 1 atom stereocenters. The maximum absolute atomic E-state index is 10.9. The summed E-state index contributed by atoms with van der Waals surface area (Å²) in [6, 6.07) is 0. The van der Waals surface area contributed by atoms with Crippen molar-refractivity contribution >= 4 is 17.6 Å². The SMILES string of the molecule is C=C(C)C(=O)OC(C)N(C)C.CCCCCCCCCl. The number of halogens is 1. The second-order valence-electron chi connectivity index (χ2n) is 5.21. The van der Waals surface area contributed by atoms with Gasteiger partial charge in [-0.05, 0) is 34.4 Å². The maximum atomic E-state index is 10.9. The number of hydrogen-bond donors (Lipinski definition) is 0. The van der Waals surface area contributed by atoms with Crippen molar-refractivity contribution in [3.8, 4) is 0 Å². The van der Waals surface area contributed by atoms with Crippen molar-refractivity contribution in [2.45, 2.75) is 65.5 Å². The molecule has 1 unspecified atom stereocenters. The molecule has 0 heterocycles. The molecule has 0 spiro atoms. The van der Waals surface area contributed by atoms with E-state index in [-0.39, 0.29) is 12.2 Å². The van der Waals surface area contributed by atoms with Crippen molar-refractivity contribution in [1.29, 1.82) is 0 Å². The highest BCUT2D eigenvalue weighted by atomic mass is 35.5. The summed E-state index contributed by atoms with van der Waals surface area (Å²) in [5, 5.41) is 0. The Morgan fingerprint density at radius 3 is 2.10 bits per heavy atom. The number of esters is 1. The topological polar surface area (TPSA) is 29.5 Å². The van der Waals surface area contributed by atoms with Gasteiger partial charge in [0.15, 0.2) is 6.23 Å². The highest BCUT2D eigenvalue weighted by Crippen LogP contribution is 2.04. The Kier molecular flexibility index (Phi) is 16.2. The van der Waals surface area contributed by atoms with Gasteiger partial charge in [-0.25, -0.2) is 4.79 Å². The van der Waals surface area contributed by atoms with Gasteiger partial charge in [0, 0.05) is 11.5 Å². The summed E-state index contributed by atoms with van der Waals surface area (Å²) in [6.45, 7) is 9.15. The van der Waals surface area contributed by atoms with Crippen molar-refractivity contribution in [2.75, 3.05) is 20.0 Å². The normalized spacial score (nSPS) is 11.6. The molecule has 120 valence electrons. The smallest absolute Gasteiger partial charge is 0.334 e. The molecular formula is C16H32ClNO2. The summed E-state index contributed by atoms with van der Waals surface area (Å²) >= 11 is 5.51. The fourth-order valence-corrected chi connectivity index (χ4v) is 1.42. The van der Waals surface area contributed by atoms with Crippen LogP contribution in [-0.2, 0) is 9.53 Å². The van der Waals surface area contributed by atoms with Gasteiger partial charge in [-0.15, -0.1) is 11.6 Å². The Morgan fingerprint density at radius 1 is 1.20 bits per heavy atom. The molecule has 0 rings (SSSR count). The number of nitrogens with zero attached hydrogens (tertiary/aromatic N) is 1. The van der Waals surface area contributed by atoms with Crippen LogP contribution in [0.3, 0.4) is 0 Å². The van der Waals surface area contributed by atoms with E-state index in [0.717, 1.165) is 5.88 Å². The van der Waals surface area contributed by atoms with E-state index in [1.54, 1.807) is 18.7 Å². The van der Waals surface area contributed by atoms with Gasteiger partial charge in [0.05, 0.1) is 0 Å². The average molecular weight is 306 g/mol. The Hall–Kier alpha value is -0.540. The number of rotatable bonds is 9. The lowest BCUT2D eigenvalue weighted by Gasteiger charge is -2.19. The fourth-order valence-electron chi connectivity index (χ4n) is 1.24. The van der Waals surface area contributed by atoms with Crippen molar-refractivity contribution in [3.05, 3.63) is 12.2 Å². The summed E-state index contributed by atoms with van der Waals surface area (Å²) in [4.78, 5) is 12.7. The van der Waals surface area contributed by atoms with Crippen molar-refractivity contribution < 1.29 is 9.53 Å². The highest BCUT2D eigenvalue weighted by molar-refractivity contribution is 6.17. The molecule has 0 bridgehead atoms. The van der Waals surface area contributed by atoms with E-state index in [2.05, 4.69) is 13.5 Å². The summed E-state index contributed by atoms with van der Waals surface area (Å²) in [5.74, 6) is 0.498. The molecule has 3 nitrogen and oxygen atoms in total. The third-order valence-corrected chi connectivity index (χ3v) is 3.11. The zero-order valence-electron chi connectivity index (χ0n) is 13.9. The highest BCUT2D eigenvalue weighted by Gasteiger charge is 2.10. The van der Waals surface area contributed by atoms with Gasteiger partial charge in [-0.2, -0.15) is 0 Å². The Morgan fingerprint density at radius 2 is 1.70 bits per heavy atom. The van der Waals surface area contributed by atoms with Crippen molar-refractivity contribution in [1.82, 2.24) is 4.90 Å². The van der Waals surface area contributed by atoms with Gasteiger partial charge in [-0.1, -0.05) is 45.6 Å². The van der Waals surface area contributed by atoms with Crippen LogP contribution >= 0.6 is 11.6 Å². The third kappa shape index (κ3) is 15.5. The Balaban J connectivity index is 0. The number of ether oxygens (including phenoxy) is 1. The van der Waals surface area contributed by atoms with E-state index < -0.39 is 0 Å². The number of alkyl halides is 1. The first kappa shape index (κ1) is 21.8. The van der Waals surface area contributed by atoms with Gasteiger partial charge in [0.2, 0.25) is 0 Å². The third-order valence-electron chi connectivity index (χ3n) is 2.84. The van der Waals surface area contributed by atoms with Crippen LogP contribution in [0.4, 0.5) is 0 Å². The fraction of sp³-hybridized carbons (Fsp3) is 0.812. The van der Waals surface area contributed by atoms with Crippen LogP contribution in [0, 0.1) is 0 Å². The molecule has 0 amide bonds. The molecule has 0 aliphatic rings. The molecule has 0 aromatic heterocycles. The molecule has 0 radical (unpaired) electrons. The van der Waals surface area contributed by atoms with E-state index in [9.17, 15) is 4.79 Å². The maximum Gasteiger partial charge on any atom is 0.334 e. The number of hydrogen-bond acceptors (Lipinski definition) is 3. The zero-order chi connectivity index (χ0) is 16.0. The number of carbonyl (C=O) groups excluding carboxylic acids is 1. The first-order chi connectivity index (χ1) is 9.36. The summed E-state index contributed by atoms with van der Waals surface area (Å²) in [7, 11) is 3.69. The second-order valence-corrected chi connectivity index (χ2v) is 5.58. The predicted molar refractivity (Wildman–Crippen MR) is 88.2 cm³/mol. The van der Waals surface area contributed by atoms with Crippen LogP contribution in [0.25, 0.3) is 0 Å². The monoisotopic (exact) mass is 305 g/mol. The minimum atomic E-state index is -0.341. The zero-order valence-corrected chi connectivity index (χ0v) is 14.6. The van der Waals surface area contributed by atoms with Crippen LogP contribution in [0.2, 0.25) is 0 Å². The first-order valence-corrected chi connectivity index (χ1v) is 7.99. The molecule has 0 N–H and O–H groups in total. The molecule has 0 aromatic rings. The van der Waals surface area contributed by atoms with Gasteiger partial charge in [0.1, 0.15) is 0 Å². The Labute approximate surface area is 130 Å². The van der Waals surface area contributed by atoms with Gasteiger partial charge in [-0.3, -0.25) is 4.90 Å². The average Bonchev–Trinajstić information content (AvgIpc) is 2.39. The minimum Gasteiger partial charge on any atom is -0.443 e. The summed E-state index contributed by atoms with van der Waals surface area (Å²) in [6.07, 6.45) is 7.82. The van der Waals surface area contributed by atoms with Crippen LogP contribution < -0.4 is 0 Å². The molecule has 4 heteroatoms. The molecular weight excluding hydrogens is 274 g/mol. The van der Waals surface area contributed by atoms with E-state index in [0.29, 0.717) is 5.57 Å². The van der Waals surface area contributed by atoms with Crippen LogP contribution in [0.5, 0.6) is 0 Å². The van der Waals surface area contributed by atoms with Crippen LogP contribution in [0.1, 0.15) is 59.3 Å². The lowest BCUT2D eigenvalue weighted by atomic mass is 10.1. The van der Waals surface area contributed by atoms with Crippen molar-refractivity contribution in [3.63, 3.8) is 0 Å². The summed E-state index contributed by atoms with van der Waals surface area (Å²) < 4.78 is 4.96. The largest absolute Gasteiger partial charge is 0.443 e. The first-order valence-electron chi connectivity index (χ1n) is 7.45. The van der Waals surface area contributed by atoms with Gasteiger partial charge in [0.25, 0.3) is 0 Å². The number of carbonyl (C=O) groups is 1. The molecule has 0 aliphatic heterocycles. The lowest BCUT2D eigenvalue weighted by molar-refractivity contribution is -0.150. The molecule has 0 aromatic carbocycles. The lowest BCUT2D eigenvalue weighted by Crippen LogP contribution is -2.30. The summed E-state index contributed by atoms with van der Waals surface area (Å²) in [5.41, 5.74) is 0.429. The van der Waals surface area contributed by atoms with E-state index in [1.165, 1.54) is 38.5 Å². The van der Waals surface area contributed by atoms with Crippen LogP contribution in [0.15, 0.2) is 12.2 Å². The van der Waals surface area contributed by atoms with Gasteiger partial charge < -0.3 is 4.74 Å². The van der Waals surface area contributed by atoms with Crippen molar-refractivity contribution in [2.24, 2.45) is 0 Å². The predicted octanol–water partition coefficient (Wildman–Crippen LogP) is 4.60. The molecule has 0 saturated heterocycles. The van der Waals surface area contributed by atoms with Crippen LogP contribution in [-0.4, -0.2) is 37.1 Å². The number of unbranched alkanes of at least 4 members (excludes halogenated alkanes) is 5. The van der Waals surface area contributed by atoms with Gasteiger partial charge >= 0.3 is 5.97 Å². The molecule has 0 saturated carbocycles. The van der Waals surface area contributed by atoms with E-state index >= 15 is 0 Å². The van der Waals surface area contributed by atoms with E-state index in [4.69, 9.17) is 16.3 Å². The quantitative estimate of drug-likeness (QED) is 0.205. The Bertz CT molecular complexity index is 249. The minimum absolute atomic E-state index is 0.195. The molecule has 0 aliphatic carbocycles. The second kappa shape index (κ2) is 14.9. The molecule has 0 fully saturated rings. The molecule has 20 heavy (non-hydrogen) atoms. The standard InChI is InChI=1S/C8H17Cl.C8H15NO2/c1-2-3-4-5-6-7-8-9;1-6(2)8(10)11-7(3)9(4)5/h2-8H2,1H3;7H,1H2,2-5H3.